The summed E-state index contributed by atoms with van der Waals surface area (Å²) < 4.78 is 11.2. The highest BCUT2D eigenvalue weighted by Crippen LogP contribution is 2.44. The summed E-state index contributed by atoms with van der Waals surface area (Å²) in [6, 6.07) is 7.41. The molecule has 1 aliphatic carbocycles. The van der Waals surface area contributed by atoms with Gasteiger partial charge in [-0.3, -0.25) is 4.90 Å². The van der Waals surface area contributed by atoms with Crippen molar-refractivity contribution in [3.05, 3.63) is 60.0 Å². The minimum Gasteiger partial charge on any atom is -0.494 e. The largest absolute Gasteiger partial charge is 0.494 e. The van der Waals surface area contributed by atoms with Crippen molar-refractivity contribution in [3.8, 4) is 0 Å². The molecule has 0 unspecified atom stereocenters. The molecule has 4 nitrogen and oxygen atoms in total. The third-order valence-corrected chi connectivity index (χ3v) is 5.33. The Morgan fingerprint density at radius 3 is 2.73 bits per heavy atom. The maximum Gasteiger partial charge on any atom is 0.121 e. The van der Waals surface area contributed by atoms with E-state index < -0.39 is 0 Å². The molecular formula is C22H28N2O2. The van der Waals surface area contributed by atoms with Gasteiger partial charge in [0.05, 0.1) is 19.8 Å². The number of allylic oxidation sites excluding steroid dienone is 1. The van der Waals surface area contributed by atoms with Gasteiger partial charge in [-0.1, -0.05) is 19.2 Å². The highest BCUT2D eigenvalue weighted by Gasteiger charge is 2.33. The topological polar surface area (TPSA) is 24.9 Å². The minimum absolute atomic E-state index is 0.594. The first-order valence-electron chi connectivity index (χ1n) is 9.62. The fourth-order valence-electron chi connectivity index (χ4n) is 3.74. The van der Waals surface area contributed by atoms with E-state index in [4.69, 9.17) is 9.47 Å². The number of morpholine rings is 1. The van der Waals surface area contributed by atoms with Crippen molar-refractivity contribution >= 4 is 11.3 Å². The van der Waals surface area contributed by atoms with Gasteiger partial charge in [0.1, 0.15) is 5.76 Å². The molecule has 2 heterocycles. The molecule has 1 aromatic carbocycles. The average Bonchev–Trinajstić information content (AvgIpc) is 3.48. The van der Waals surface area contributed by atoms with E-state index in [-0.39, 0.29) is 0 Å². The summed E-state index contributed by atoms with van der Waals surface area (Å²) in [5, 5.41) is 0. The summed E-state index contributed by atoms with van der Waals surface area (Å²) >= 11 is 0. The molecule has 1 saturated heterocycles. The van der Waals surface area contributed by atoms with Gasteiger partial charge in [0.2, 0.25) is 0 Å². The van der Waals surface area contributed by atoms with Gasteiger partial charge in [-0.2, -0.15) is 0 Å². The van der Waals surface area contributed by atoms with Gasteiger partial charge in [-0.15, -0.1) is 0 Å². The van der Waals surface area contributed by atoms with Crippen molar-refractivity contribution in [1.29, 1.82) is 0 Å². The van der Waals surface area contributed by atoms with Gasteiger partial charge >= 0.3 is 0 Å². The second kappa shape index (κ2) is 7.29. The van der Waals surface area contributed by atoms with Gasteiger partial charge < -0.3 is 14.4 Å². The molecular weight excluding hydrogens is 324 g/mol. The second-order valence-corrected chi connectivity index (χ2v) is 7.26. The first-order chi connectivity index (χ1) is 12.7. The van der Waals surface area contributed by atoms with Crippen LogP contribution in [-0.2, 0) is 16.0 Å². The number of anilines is 1. The maximum atomic E-state index is 5.69. The Morgan fingerprint density at radius 1 is 1.27 bits per heavy atom. The smallest absolute Gasteiger partial charge is 0.121 e. The van der Waals surface area contributed by atoms with Gasteiger partial charge in [-0.25, -0.2) is 0 Å². The molecule has 0 amide bonds. The molecule has 0 aromatic heterocycles. The van der Waals surface area contributed by atoms with Crippen LogP contribution in [0.2, 0.25) is 0 Å². The molecule has 4 rings (SSSR count). The van der Waals surface area contributed by atoms with Gasteiger partial charge in [0, 0.05) is 48.7 Å². The monoisotopic (exact) mass is 352 g/mol. The molecule has 138 valence electrons. The summed E-state index contributed by atoms with van der Waals surface area (Å²) in [6.07, 6.45) is 4.67. The van der Waals surface area contributed by atoms with Crippen LogP contribution in [0, 0.1) is 0 Å². The summed E-state index contributed by atoms with van der Waals surface area (Å²) in [5.41, 5.74) is 5.83. The first-order valence-corrected chi connectivity index (χ1v) is 9.62. The zero-order valence-corrected chi connectivity index (χ0v) is 15.7. The third-order valence-electron chi connectivity index (χ3n) is 5.33. The summed E-state index contributed by atoms with van der Waals surface area (Å²) in [5.74, 6) is 0.715. The van der Waals surface area contributed by atoms with E-state index in [2.05, 4.69) is 47.4 Å². The highest BCUT2D eigenvalue weighted by atomic mass is 16.5. The number of nitrogens with zero attached hydrogens (tertiary/aromatic N) is 2. The molecule has 1 saturated carbocycles. The lowest BCUT2D eigenvalue weighted by Crippen LogP contribution is -2.35. The number of rotatable bonds is 6. The van der Waals surface area contributed by atoms with Crippen molar-refractivity contribution in [2.45, 2.75) is 32.4 Å². The van der Waals surface area contributed by atoms with Crippen molar-refractivity contribution < 1.29 is 9.47 Å². The Labute approximate surface area is 156 Å². The maximum absolute atomic E-state index is 5.69. The molecule has 2 fully saturated rings. The Morgan fingerprint density at radius 2 is 2.04 bits per heavy atom. The Kier molecular flexibility index (Phi) is 4.88. The van der Waals surface area contributed by atoms with Crippen LogP contribution >= 0.6 is 0 Å². The van der Waals surface area contributed by atoms with E-state index in [0.717, 1.165) is 44.0 Å². The van der Waals surface area contributed by atoms with Gasteiger partial charge in [0.25, 0.3) is 0 Å². The van der Waals surface area contributed by atoms with Gasteiger partial charge in [0.15, 0.2) is 0 Å². The fourth-order valence-corrected chi connectivity index (χ4v) is 3.74. The molecule has 0 N–H and O–H groups in total. The number of ether oxygens (including phenoxy) is 2. The zero-order chi connectivity index (χ0) is 18.1. The Balaban J connectivity index is 1.63. The number of benzene rings is 1. The van der Waals surface area contributed by atoms with Crippen molar-refractivity contribution in [2.24, 2.45) is 0 Å². The van der Waals surface area contributed by atoms with Crippen LogP contribution in [0.15, 0.2) is 48.9 Å². The molecule has 3 aliphatic rings. The van der Waals surface area contributed by atoms with Crippen LogP contribution in [0.4, 0.5) is 5.69 Å². The molecule has 26 heavy (non-hydrogen) atoms. The molecule has 1 aromatic rings. The van der Waals surface area contributed by atoms with Gasteiger partial charge in [-0.05, 0) is 43.0 Å². The minimum atomic E-state index is 0.594. The van der Waals surface area contributed by atoms with Crippen molar-refractivity contribution in [3.63, 3.8) is 0 Å². The number of hydrogen-bond acceptors (Lipinski definition) is 4. The SMILES string of the molecule is C=C(OCC)C1=CN(C2CC2)c2ccc(CN3CCOCC3)cc2C1=C. The van der Waals surface area contributed by atoms with Crippen LogP contribution in [0.5, 0.6) is 0 Å². The Hall–Kier alpha value is -2.04. The predicted octanol–water partition coefficient (Wildman–Crippen LogP) is 3.95. The van der Waals surface area contributed by atoms with E-state index in [1.54, 1.807) is 0 Å². The van der Waals surface area contributed by atoms with E-state index in [0.29, 0.717) is 18.4 Å². The zero-order valence-electron chi connectivity index (χ0n) is 15.7. The number of hydrogen-bond donors (Lipinski definition) is 0. The number of fused-ring (bicyclic) bond motifs is 1. The van der Waals surface area contributed by atoms with E-state index in [1.165, 1.54) is 29.7 Å². The summed E-state index contributed by atoms with van der Waals surface area (Å²) in [6.45, 7) is 15.7. The Bertz CT molecular complexity index is 743. The van der Waals surface area contributed by atoms with Crippen LogP contribution in [0.25, 0.3) is 5.57 Å². The summed E-state index contributed by atoms with van der Waals surface area (Å²) in [4.78, 5) is 4.84. The van der Waals surface area contributed by atoms with E-state index >= 15 is 0 Å². The van der Waals surface area contributed by atoms with Crippen LogP contribution in [0.3, 0.4) is 0 Å². The quantitative estimate of drug-likeness (QED) is 0.724. The molecule has 0 atom stereocenters. The summed E-state index contributed by atoms with van der Waals surface area (Å²) in [7, 11) is 0. The molecule has 0 bridgehead atoms. The van der Waals surface area contributed by atoms with Crippen LogP contribution < -0.4 is 4.90 Å². The van der Waals surface area contributed by atoms with E-state index in [1.807, 2.05) is 6.92 Å². The molecule has 0 spiro atoms. The molecule has 4 heteroatoms. The lowest BCUT2D eigenvalue weighted by atomic mass is 9.92. The lowest BCUT2D eigenvalue weighted by Gasteiger charge is -2.32. The molecule has 2 aliphatic heterocycles. The van der Waals surface area contributed by atoms with E-state index in [9.17, 15) is 0 Å². The predicted molar refractivity (Wildman–Crippen MR) is 106 cm³/mol. The average molecular weight is 352 g/mol. The van der Waals surface area contributed by atoms with Crippen LogP contribution in [-0.4, -0.2) is 43.9 Å². The molecule has 0 radical (unpaired) electrons. The fraction of sp³-hybridized carbons (Fsp3) is 0.455. The second-order valence-electron chi connectivity index (χ2n) is 7.26. The van der Waals surface area contributed by atoms with Crippen LogP contribution in [0.1, 0.15) is 30.9 Å². The normalized spacial score (nSPS) is 20.6. The van der Waals surface area contributed by atoms with Crippen molar-refractivity contribution in [1.82, 2.24) is 4.90 Å². The third kappa shape index (κ3) is 3.44. The van der Waals surface area contributed by atoms with Crippen molar-refractivity contribution in [2.75, 3.05) is 37.8 Å². The standard InChI is InChI=1S/C22H28N2O2/c1-4-26-17(3)21-15-24(19-6-7-19)22-8-5-18(13-20(22)16(21)2)14-23-9-11-25-12-10-23/h5,8,13,15,19H,2-4,6-7,9-12,14H2,1H3. The highest BCUT2D eigenvalue weighted by molar-refractivity contribution is 5.91. The first kappa shape index (κ1) is 17.4. The lowest BCUT2D eigenvalue weighted by molar-refractivity contribution is 0.0342.